The van der Waals surface area contributed by atoms with E-state index in [-0.39, 0.29) is 11.7 Å². The SMILES string of the molecule is COC1=C(OC)C(=O)C(C)C(CC=C(C)C)C1. The van der Waals surface area contributed by atoms with Gasteiger partial charge in [0.1, 0.15) is 5.76 Å². The molecule has 1 aliphatic carbocycles. The van der Waals surface area contributed by atoms with E-state index in [4.69, 9.17) is 9.47 Å². The van der Waals surface area contributed by atoms with E-state index in [1.165, 1.54) is 12.7 Å². The Labute approximate surface area is 103 Å². The van der Waals surface area contributed by atoms with Crippen molar-refractivity contribution in [2.45, 2.75) is 33.6 Å². The number of ketones is 1. The zero-order chi connectivity index (χ0) is 13.0. The minimum Gasteiger partial charge on any atom is -0.497 e. The average molecular weight is 238 g/mol. The Morgan fingerprint density at radius 3 is 2.47 bits per heavy atom. The van der Waals surface area contributed by atoms with Crippen LogP contribution < -0.4 is 0 Å². The number of ether oxygens (including phenoxy) is 2. The van der Waals surface area contributed by atoms with E-state index in [1.807, 2.05) is 6.92 Å². The van der Waals surface area contributed by atoms with Crippen LogP contribution in [-0.2, 0) is 14.3 Å². The Kier molecular flexibility index (Phi) is 4.79. The van der Waals surface area contributed by atoms with Crippen LogP contribution in [0.5, 0.6) is 0 Å². The van der Waals surface area contributed by atoms with E-state index in [1.54, 1.807) is 7.11 Å². The van der Waals surface area contributed by atoms with Crippen molar-refractivity contribution in [1.82, 2.24) is 0 Å². The highest BCUT2D eigenvalue weighted by Gasteiger charge is 2.35. The van der Waals surface area contributed by atoms with Gasteiger partial charge >= 0.3 is 0 Å². The highest BCUT2D eigenvalue weighted by atomic mass is 16.5. The van der Waals surface area contributed by atoms with Gasteiger partial charge in [0.25, 0.3) is 0 Å². The van der Waals surface area contributed by atoms with Gasteiger partial charge in [0.2, 0.25) is 5.78 Å². The molecule has 0 fully saturated rings. The Bertz CT molecular complexity index is 348. The monoisotopic (exact) mass is 238 g/mol. The lowest BCUT2D eigenvalue weighted by molar-refractivity contribution is -0.125. The predicted molar refractivity (Wildman–Crippen MR) is 67.4 cm³/mol. The number of Topliss-reactive ketones (excluding diaryl/α,β-unsaturated/α-hetero) is 1. The van der Waals surface area contributed by atoms with E-state index in [2.05, 4.69) is 19.9 Å². The molecular weight excluding hydrogens is 216 g/mol. The number of methoxy groups -OCH3 is 2. The quantitative estimate of drug-likeness (QED) is 0.706. The molecule has 0 N–H and O–H groups in total. The summed E-state index contributed by atoms with van der Waals surface area (Å²) in [7, 11) is 3.12. The lowest BCUT2D eigenvalue weighted by Crippen LogP contribution is -2.30. The summed E-state index contributed by atoms with van der Waals surface area (Å²) in [6.07, 6.45) is 3.87. The summed E-state index contributed by atoms with van der Waals surface area (Å²) in [6, 6.07) is 0. The van der Waals surface area contributed by atoms with Crippen LogP contribution in [-0.4, -0.2) is 20.0 Å². The lowest BCUT2D eigenvalue weighted by atomic mass is 9.79. The molecule has 0 aliphatic heterocycles. The van der Waals surface area contributed by atoms with Crippen LogP contribution in [0, 0.1) is 11.8 Å². The van der Waals surface area contributed by atoms with Crippen molar-refractivity contribution < 1.29 is 14.3 Å². The maximum atomic E-state index is 12.1. The molecule has 0 aromatic carbocycles. The van der Waals surface area contributed by atoms with Crippen LogP contribution in [0.15, 0.2) is 23.2 Å². The maximum absolute atomic E-state index is 12.1. The van der Waals surface area contributed by atoms with E-state index < -0.39 is 0 Å². The molecule has 96 valence electrons. The molecule has 0 saturated heterocycles. The molecule has 2 unspecified atom stereocenters. The summed E-state index contributed by atoms with van der Waals surface area (Å²) in [6.45, 7) is 6.11. The third kappa shape index (κ3) is 3.11. The van der Waals surface area contributed by atoms with Crippen LogP contribution in [0.3, 0.4) is 0 Å². The molecule has 17 heavy (non-hydrogen) atoms. The van der Waals surface area contributed by atoms with Crippen LogP contribution in [0.1, 0.15) is 33.6 Å². The molecular formula is C14H22O3. The molecule has 3 nitrogen and oxygen atoms in total. The fourth-order valence-corrected chi connectivity index (χ4v) is 2.13. The van der Waals surface area contributed by atoms with E-state index in [0.717, 1.165) is 12.8 Å². The summed E-state index contributed by atoms with van der Waals surface area (Å²) in [5.41, 5.74) is 1.28. The van der Waals surface area contributed by atoms with Crippen LogP contribution in [0.2, 0.25) is 0 Å². The number of hydrogen-bond donors (Lipinski definition) is 0. The zero-order valence-electron chi connectivity index (χ0n) is 11.4. The van der Waals surface area contributed by atoms with Crippen molar-refractivity contribution in [3.05, 3.63) is 23.2 Å². The first kappa shape index (κ1) is 13.8. The molecule has 0 bridgehead atoms. The van der Waals surface area contributed by atoms with Crippen molar-refractivity contribution >= 4 is 5.78 Å². The van der Waals surface area contributed by atoms with Gasteiger partial charge in [0.05, 0.1) is 14.2 Å². The standard InChI is InChI=1S/C14H22O3/c1-9(2)6-7-11-8-12(16-4)14(17-5)13(15)10(11)3/h6,10-11H,7-8H2,1-5H3. The molecule has 0 aromatic rings. The van der Waals surface area contributed by atoms with E-state index >= 15 is 0 Å². The van der Waals surface area contributed by atoms with E-state index in [9.17, 15) is 4.79 Å². The van der Waals surface area contributed by atoms with Gasteiger partial charge in [-0.05, 0) is 26.2 Å². The van der Waals surface area contributed by atoms with Gasteiger partial charge in [-0.2, -0.15) is 0 Å². The molecule has 0 heterocycles. The molecule has 2 atom stereocenters. The Balaban J connectivity index is 2.90. The minimum absolute atomic E-state index is 0.000509. The van der Waals surface area contributed by atoms with Gasteiger partial charge in [-0.25, -0.2) is 0 Å². The minimum atomic E-state index is -0.000509. The number of rotatable bonds is 4. The molecule has 0 aromatic heterocycles. The van der Waals surface area contributed by atoms with Crippen LogP contribution >= 0.6 is 0 Å². The molecule has 0 radical (unpaired) electrons. The van der Waals surface area contributed by atoms with Crippen molar-refractivity contribution in [2.24, 2.45) is 11.8 Å². The normalized spacial score (nSPS) is 24.6. The Hall–Kier alpha value is -1.25. The highest BCUT2D eigenvalue weighted by Crippen LogP contribution is 2.34. The number of hydrogen-bond acceptors (Lipinski definition) is 3. The van der Waals surface area contributed by atoms with Gasteiger partial charge in [-0.1, -0.05) is 18.6 Å². The highest BCUT2D eigenvalue weighted by molar-refractivity contribution is 5.96. The number of carbonyl (C=O) groups excluding carboxylic acids is 1. The van der Waals surface area contributed by atoms with Gasteiger partial charge in [-0.3, -0.25) is 4.79 Å². The van der Waals surface area contributed by atoms with Gasteiger partial charge in [0, 0.05) is 12.3 Å². The topological polar surface area (TPSA) is 35.5 Å². The maximum Gasteiger partial charge on any atom is 0.203 e. The summed E-state index contributed by atoms with van der Waals surface area (Å²) in [5.74, 6) is 1.45. The van der Waals surface area contributed by atoms with E-state index in [0.29, 0.717) is 17.4 Å². The van der Waals surface area contributed by atoms with Crippen LogP contribution in [0.4, 0.5) is 0 Å². The van der Waals surface area contributed by atoms with Crippen molar-refractivity contribution in [2.75, 3.05) is 14.2 Å². The second kappa shape index (κ2) is 5.89. The van der Waals surface area contributed by atoms with Gasteiger partial charge < -0.3 is 9.47 Å². The second-order valence-corrected chi connectivity index (χ2v) is 4.79. The van der Waals surface area contributed by atoms with Gasteiger partial charge in [-0.15, -0.1) is 0 Å². The molecule has 0 amide bonds. The van der Waals surface area contributed by atoms with Crippen molar-refractivity contribution in [1.29, 1.82) is 0 Å². The molecule has 3 heteroatoms. The van der Waals surface area contributed by atoms with Crippen LogP contribution in [0.25, 0.3) is 0 Å². The first-order valence-electron chi connectivity index (χ1n) is 6.00. The van der Waals surface area contributed by atoms with Crippen molar-refractivity contribution in [3.63, 3.8) is 0 Å². The fraction of sp³-hybridized carbons (Fsp3) is 0.643. The molecule has 0 saturated carbocycles. The first-order valence-corrected chi connectivity index (χ1v) is 6.00. The third-order valence-corrected chi connectivity index (χ3v) is 3.32. The number of allylic oxidation sites excluding steroid dienone is 4. The number of carbonyl (C=O) groups is 1. The van der Waals surface area contributed by atoms with Crippen molar-refractivity contribution in [3.8, 4) is 0 Å². The zero-order valence-corrected chi connectivity index (χ0v) is 11.4. The summed E-state index contributed by atoms with van der Waals surface area (Å²) < 4.78 is 10.4. The predicted octanol–water partition coefficient (Wildman–Crippen LogP) is 3.07. The average Bonchev–Trinajstić information content (AvgIpc) is 2.30. The molecule has 1 rings (SSSR count). The fourth-order valence-electron chi connectivity index (χ4n) is 2.13. The second-order valence-electron chi connectivity index (χ2n) is 4.79. The lowest BCUT2D eigenvalue weighted by Gasteiger charge is -2.29. The Morgan fingerprint density at radius 2 is 2.00 bits per heavy atom. The summed E-state index contributed by atoms with van der Waals surface area (Å²) in [5, 5.41) is 0. The largest absolute Gasteiger partial charge is 0.497 e. The summed E-state index contributed by atoms with van der Waals surface area (Å²) in [4.78, 5) is 12.1. The Morgan fingerprint density at radius 1 is 1.35 bits per heavy atom. The third-order valence-electron chi connectivity index (χ3n) is 3.32. The first-order chi connectivity index (χ1) is 8.01. The smallest absolute Gasteiger partial charge is 0.203 e. The molecule has 0 spiro atoms. The molecule has 1 aliphatic rings. The van der Waals surface area contributed by atoms with Gasteiger partial charge in [0.15, 0.2) is 5.76 Å². The summed E-state index contributed by atoms with van der Waals surface area (Å²) >= 11 is 0.